The summed E-state index contributed by atoms with van der Waals surface area (Å²) in [6, 6.07) is 4.48. The van der Waals surface area contributed by atoms with E-state index < -0.39 is 54.3 Å². The van der Waals surface area contributed by atoms with Crippen LogP contribution in [-0.4, -0.2) is 71.2 Å². The smallest absolute Gasteiger partial charge is 0.326 e. The van der Waals surface area contributed by atoms with Gasteiger partial charge in [-0.3, -0.25) is 19.2 Å². The number of carboxylic acid groups (broad SMARTS) is 1. The fourth-order valence-corrected chi connectivity index (χ4v) is 3.64. The molecule has 33 heavy (non-hydrogen) atoms. The van der Waals surface area contributed by atoms with Crippen LogP contribution in [0.25, 0.3) is 0 Å². The van der Waals surface area contributed by atoms with Gasteiger partial charge in [0.25, 0.3) is 0 Å². The Hall–Kier alpha value is -3.12. The minimum atomic E-state index is -1.42. The van der Waals surface area contributed by atoms with Crippen LogP contribution >= 0.6 is 12.6 Å². The molecule has 0 radical (unpaired) electrons. The normalized spacial score (nSPS) is 17.9. The molecule has 180 valence electrons. The molecule has 4 amide bonds. The molecule has 0 saturated carbocycles. The molecule has 12 heteroatoms. The molecule has 0 bridgehead atoms. The SMILES string of the molecule is NC(=O)CC(NC(=O)C(CS)NC(=O)C1CCCN1)C(=O)NC(Cc1ccccc1)C(=O)O. The Bertz CT molecular complexity index is 862. The van der Waals surface area contributed by atoms with Crippen LogP contribution in [0, 0.1) is 0 Å². The average molecular weight is 480 g/mol. The van der Waals surface area contributed by atoms with Crippen molar-refractivity contribution in [1.82, 2.24) is 21.3 Å². The van der Waals surface area contributed by atoms with E-state index in [1.807, 2.05) is 0 Å². The summed E-state index contributed by atoms with van der Waals surface area (Å²) in [5, 5.41) is 19.8. The Morgan fingerprint density at radius 3 is 2.21 bits per heavy atom. The zero-order valence-electron chi connectivity index (χ0n) is 18.0. The van der Waals surface area contributed by atoms with Gasteiger partial charge in [0, 0.05) is 12.2 Å². The van der Waals surface area contributed by atoms with Gasteiger partial charge in [-0.15, -0.1) is 0 Å². The fraction of sp³-hybridized carbons (Fsp3) is 0.476. The molecule has 0 aliphatic carbocycles. The van der Waals surface area contributed by atoms with Crippen LogP contribution < -0.4 is 27.0 Å². The minimum absolute atomic E-state index is 0.00284. The van der Waals surface area contributed by atoms with Gasteiger partial charge in [-0.1, -0.05) is 30.3 Å². The Labute approximate surface area is 196 Å². The highest BCUT2D eigenvalue weighted by Crippen LogP contribution is 2.07. The number of carboxylic acids is 1. The lowest BCUT2D eigenvalue weighted by molar-refractivity contribution is -0.142. The maximum Gasteiger partial charge on any atom is 0.326 e. The molecule has 1 aliphatic heterocycles. The van der Waals surface area contributed by atoms with Crippen molar-refractivity contribution in [3.8, 4) is 0 Å². The van der Waals surface area contributed by atoms with Crippen molar-refractivity contribution in [3.63, 3.8) is 0 Å². The lowest BCUT2D eigenvalue weighted by atomic mass is 10.0. The van der Waals surface area contributed by atoms with Crippen molar-refractivity contribution in [2.75, 3.05) is 12.3 Å². The molecule has 1 saturated heterocycles. The third-order valence-corrected chi connectivity index (χ3v) is 5.49. The first-order chi connectivity index (χ1) is 15.7. The zero-order valence-corrected chi connectivity index (χ0v) is 18.8. The lowest BCUT2D eigenvalue weighted by Crippen LogP contribution is -2.58. The fourth-order valence-electron chi connectivity index (χ4n) is 3.38. The van der Waals surface area contributed by atoms with Gasteiger partial charge in [-0.25, -0.2) is 4.79 Å². The first-order valence-electron chi connectivity index (χ1n) is 10.5. The van der Waals surface area contributed by atoms with Gasteiger partial charge < -0.3 is 32.1 Å². The Morgan fingerprint density at radius 2 is 1.67 bits per heavy atom. The third kappa shape index (κ3) is 8.39. The van der Waals surface area contributed by atoms with Crippen molar-refractivity contribution in [2.24, 2.45) is 5.73 Å². The van der Waals surface area contributed by atoms with Gasteiger partial charge in [0.05, 0.1) is 12.5 Å². The first kappa shape index (κ1) is 26.1. The number of primary amides is 1. The number of thiol groups is 1. The molecule has 1 aliphatic rings. The number of amides is 4. The Kier molecular flexibility index (Phi) is 10.1. The summed E-state index contributed by atoms with van der Waals surface area (Å²) in [5.74, 6) is -4.19. The number of nitrogens with one attached hydrogen (secondary N) is 4. The van der Waals surface area contributed by atoms with Crippen LogP contribution in [0.5, 0.6) is 0 Å². The topological polar surface area (TPSA) is 180 Å². The van der Waals surface area contributed by atoms with E-state index in [2.05, 4.69) is 33.9 Å². The number of hydrogen-bond acceptors (Lipinski definition) is 7. The first-order valence-corrected chi connectivity index (χ1v) is 11.1. The molecular weight excluding hydrogens is 450 g/mol. The molecule has 1 aromatic carbocycles. The summed E-state index contributed by atoms with van der Waals surface area (Å²) < 4.78 is 0. The molecule has 1 fully saturated rings. The summed E-state index contributed by atoms with van der Waals surface area (Å²) in [4.78, 5) is 60.9. The van der Waals surface area contributed by atoms with Crippen molar-refractivity contribution >= 4 is 42.2 Å². The quantitative estimate of drug-likeness (QED) is 0.175. The minimum Gasteiger partial charge on any atom is -0.480 e. The number of carbonyl (C=O) groups excluding carboxylic acids is 4. The molecule has 4 atom stereocenters. The highest BCUT2D eigenvalue weighted by atomic mass is 32.1. The molecule has 0 spiro atoms. The standard InChI is InChI=1S/C21H29N5O6S/c22-17(27)10-14(19(29)25-15(21(31)32)9-12-5-2-1-3-6-12)24-20(30)16(11-33)26-18(28)13-7-4-8-23-13/h1-3,5-6,13-16,23,33H,4,7-11H2,(H2,22,27)(H,24,30)(H,25,29)(H,26,28)(H,31,32). The molecule has 2 rings (SSSR count). The van der Waals surface area contributed by atoms with Gasteiger partial charge in [-0.05, 0) is 24.9 Å². The Balaban J connectivity index is 2.05. The van der Waals surface area contributed by atoms with Crippen molar-refractivity contribution in [2.45, 2.75) is 49.9 Å². The van der Waals surface area contributed by atoms with Crippen molar-refractivity contribution < 1.29 is 29.1 Å². The number of rotatable bonds is 12. The molecular formula is C21H29N5O6S. The van der Waals surface area contributed by atoms with E-state index >= 15 is 0 Å². The summed E-state index contributed by atoms with van der Waals surface area (Å²) in [7, 11) is 0. The highest BCUT2D eigenvalue weighted by molar-refractivity contribution is 7.80. The zero-order chi connectivity index (χ0) is 24.4. The number of nitrogens with two attached hydrogens (primary N) is 1. The molecule has 0 aromatic heterocycles. The Morgan fingerprint density at radius 1 is 1.03 bits per heavy atom. The maximum absolute atomic E-state index is 12.7. The van der Waals surface area contributed by atoms with Crippen LogP contribution in [0.1, 0.15) is 24.8 Å². The van der Waals surface area contributed by atoms with Gasteiger partial charge >= 0.3 is 5.97 Å². The van der Waals surface area contributed by atoms with Crippen LogP contribution in [0.2, 0.25) is 0 Å². The largest absolute Gasteiger partial charge is 0.480 e. The monoisotopic (exact) mass is 479 g/mol. The van der Waals surface area contributed by atoms with Crippen molar-refractivity contribution in [3.05, 3.63) is 35.9 Å². The molecule has 1 heterocycles. The summed E-state index contributed by atoms with van der Waals surface area (Å²) in [5.41, 5.74) is 5.89. The molecule has 7 N–H and O–H groups in total. The maximum atomic E-state index is 12.7. The van der Waals surface area contributed by atoms with Crippen LogP contribution in [0.4, 0.5) is 0 Å². The van der Waals surface area contributed by atoms with E-state index in [4.69, 9.17) is 5.73 Å². The lowest BCUT2D eigenvalue weighted by Gasteiger charge is -2.24. The third-order valence-electron chi connectivity index (χ3n) is 5.13. The number of hydrogen-bond donors (Lipinski definition) is 7. The van der Waals surface area contributed by atoms with E-state index in [0.717, 1.165) is 6.42 Å². The van der Waals surface area contributed by atoms with E-state index in [1.54, 1.807) is 30.3 Å². The number of aliphatic carboxylic acids is 1. The molecule has 11 nitrogen and oxygen atoms in total. The second kappa shape index (κ2) is 12.8. The van der Waals surface area contributed by atoms with E-state index in [0.29, 0.717) is 18.5 Å². The highest BCUT2D eigenvalue weighted by Gasteiger charge is 2.31. The second-order valence-electron chi connectivity index (χ2n) is 7.71. The summed E-state index contributed by atoms with van der Waals surface area (Å²) in [6.07, 6.45) is 0.928. The average Bonchev–Trinajstić information content (AvgIpc) is 3.31. The predicted octanol–water partition coefficient (Wildman–Crippen LogP) is -1.67. The van der Waals surface area contributed by atoms with Crippen LogP contribution in [-0.2, 0) is 30.4 Å². The van der Waals surface area contributed by atoms with Gasteiger partial charge in [0.15, 0.2) is 0 Å². The van der Waals surface area contributed by atoms with Crippen LogP contribution in [0.3, 0.4) is 0 Å². The van der Waals surface area contributed by atoms with Crippen LogP contribution in [0.15, 0.2) is 30.3 Å². The molecule has 4 unspecified atom stereocenters. The van der Waals surface area contributed by atoms with Crippen molar-refractivity contribution in [1.29, 1.82) is 0 Å². The van der Waals surface area contributed by atoms with E-state index in [-0.39, 0.29) is 18.1 Å². The van der Waals surface area contributed by atoms with E-state index in [9.17, 15) is 29.1 Å². The number of carbonyl (C=O) groups is 5. The molecule has 1 aromatic rings. The van der Waals surface area contributed by atoms with Gasteiger partial charge in [0.2, 0.25) is 23.6 Å². The summed E-state index contributed by atoms with van der Waals surface area (Å²) in [6.45, 7) is 0.699. The van der Waals surface area contributed by atoms with E-state index in [1.165, 1.54) is 0 Å². The van der Waals surface area contributed by atoms with Gasteiger partial charge in [0.1, 0.15) is 18.1 Å². The summed E-state index contributed by atoms with van der Waals surface area (Å²) >= 11 is 4.09. The number of benzene rings is 1. The second-order valence-corrected chi connectivity index (χ2v) is 8.08. The predicted molar refractivity (Wildman–Crippen MR) is 122 cm³/mol. The van der Waals surface area contributed by atoms with Gasteiger partial charge in [-0.2, -0.15) is 12.6 Å².